The third-order valence-corrected chi connectivity index (χ3v) is 4.55. The summed E-state index contributed by atoms with van der Waals surface area (Å²) < 4.78 is 0. The average molecular weight is 264 g/mol. The van der Waals surface area contributed by atoms with E-state index >= 15 is 0 Å². The van der Waals surface area contributed by atoms with Gasteiger partial charge in [-0.3, -0.25) is 9.80 Å². The van der Waals surface area contributed by atoms with Crippen LogP contribution in [-0.4, -0.2) is 22.9 Å². The lowest BCUT2D eigenvalue weighted by Crippen LogP contribution is -2.29. The molecule has 2 heteroatoms. The first-order valence-corrected chi connectivity index (χ1v) is 7.47. The molecule has 0 spiro atoms. The zero-order valence-electron chi connectivity index (χ0n) is 11.8. The van der Waals surface area contributed by atoms with Gasteiger partial charge >= 0.3 is 0 Å². The molecule has 0 aliphatic carbocycles. The number of benzene rings is 2. The van der Waals surface area contributed by atoms with E-state index in [1.807, 2.05) is 0 Å². The van der Waals surface area contributed by atoms with Gasteiger partial charge in [0.15, 0.2) is 0 Å². The highest BCUT2D eigenvalue weighted by Crippen LogP contribution is 2.24. The molecule has 102 valence electrons. The van der Waals surface area contributed by atoms with Crippen molar-refractivity contribution in [2.75, 3.05) is 13.1 Å². The summed E-state index contributed by atoms with van der Waals surface area (Å²) in [4.78, 5) is 5.13. The molecule has 2 aliphatic rings. The fourth-order valence-electron chi connectivity index (χ4n) is 3.41. The Morgan fingerprint density at radius 3 is 1.15 bits per heavy atom. The van der Waals surface area contributed by atoms with Crippen molar-refractivity contribution in [1.82, 2.24) is 9.80 Å². The SMILES string of the molecule is c1ccc2c(c1)CN(CCN1Cc3ccccc3C1)C2. The largest absolute Gasteiger partial charge is 0.294 e. The molecule has 0 saturated heterocycles. The van der Waals surface area contributed by atoms with Crippen molar-refractivity contribution in [2.45, 2.75) is 26.2 Å². The second-order valence-corrected chi connectivity index (χ2v) is 5.96. The molecule has 0 amide bonds. The van der Waals surface area contributed by atoms with E-state index in [0.717, 1.165) is 26.2 Å². The summed E-state index contributed by atoms with van der Waals surface area (Å²) >= 11 is 0. The Kier molecular flexibility index (Phi) is 3.06. The highest BCUT2D eigenvalue weighted by atomic mass is 15.2. The summed E-state index contributed by atoms with van der Waals surface area (Å²) in [6.45, 7) is 6.83. The molecule has 2 nitrogen and oxygen atoms in total. The number of hydrogen-bond donors (Lipinski definition) is 0. The van der Waals surface area contributed by atoms with Crippen LogP contribution >= 0.6 is 0 Å². The Morgan fingerprint density at radius 2 is 0.850 bits per heavy atom. The number of rotatable bonds is 3. The lowest BCUT2D eigenvalue weighted by atomic mass is 10.1. The van der Waals surface area contributed by atoms with Crippen molar-refractivity contribution in [3.8, 4) is 0 Å². The lowest BCUT2D eigenvalue weighted by molar-refractivity contribution is 0.207. The maximum atomic E-state index is 2.56. The number of fused-ring (bicyclic) bond motifs is 2. The van der Waals surface area contributed by atoms with E-state index < -0.39 is 0 Å². The Morgan fingerprint density at radius 1 is 0.550 bits per heavy atom. The second-order valence-electron chi connectivity index (χ2n) is 5.96. The quantitative estimate of drug-likeness (QED) is 0.841. The van der Waals surface area contributed by atoms with Gasteiger partial charge in [0.05, 0.1) is 0 Å². The standard InChI is InChI=1S/C18H20N2/c1-2-6-16-12-19(11-15(16)5-1)9-10-20-13-17-7-3-4-8-18(17)14-20/h1-8H,9-14H2. The van der Waals surface area contributed by atoms with E-state index in [-0.39, 0.29) is 0 Å². The van der Waals surface area contributed by atoms with E-state index in [4.69, 9.17) is 0 Å². The summed E-state index contributed by atoms with van der Waals surface area (Å²) in [6, 6.07) is 17.7. The molecule has 0 bridgehead atoms. The van der Waals surface area contributed by atoms with Crippen molar-refractivity contribution >= 4 is 0 Å². The predicted molar refractivity (Wildman–Crippen MR) is 81.1 cm³/mol. The first-order chi connectivity index (χ1) is 9.88. The van der Waals surface area contributed by atoms with Crippen LogP contribution in [0, 0.1) is 0 Å². The molecular weight excluding hydrogens is 244 g/mol. The normalized spacial score (nSPS) is 18.2. The molecule has 20 heavy (non-hydrogen) atoms. The number of nitrogens with zero attached hydrogens (tertiary/aromatic N) is 2. The van der Waals surface area contributed by atoms with Gasteiger partial charge < -0.3 is 0 Å². The summed E-state index contributed by atoms with van der Waals surface area (Å²) in [6.07, 6.45) is 0. The van der Waals surface area contributed by atoms with Crippen molar-refractivity contribution in [3.63, 3.8) is 0 Å². The van der Waals surface area contributed by atoms with Crippen LogP contribution < -0.4 is 0 Å². The molecule has 0 atom stereocenters. The van der Waals surface area contributed by atoms with Gasteiger partial charge in [-0.2, -0.15) is 0 Å². The average Bonchev–Trinajstić information content (AvgIpc) is 3.07. The highest BCUT2D eigenvalue weighted by molar-refractivity contribution is 5.31. The molecule has 0 fully saturated rings. The van der Waals surface area contributed by atoms with Crippen molar-refractivity contribution in [1.29, 1.82) is 0 Å². The second kappa shape index (κ2) is 5.04. The van der Waals surface area contributed by atoms with Crippen molar-refractivity contribution < 1.29 is 0 Å². The molecule has 2 aromatic rings. The Labute approximate surface area is 120 Å². The van der Waals surface area contributed by atoms with Crippen LogP contribution in [0.1, 0.15) is 22.3 Å². The summed E-state index contributed by atoms with van der Waals surface area (Å²) in [5, 5.41) is 0. The van der Waals surface area contributed by atoms with Crippen LogP contribution in [0.2, 0.25) is 0 Å². The van der Waals surface area contributed by atoms with E-state index in [1.165, 1.54) is 35.3 Å². The minimum absolute atomic E-state index is 1.12. The van der Waals surface area contributed by atoms with Gasteiger partial charge in [-0.05, 0) is 22.3 Å². The maximum Gasteiger partial charge on any atom is 0.0241 e. The van der Waals surface area contributed by atoms with Gasteiger partial charge in [0.25, 0.3) is 0 Å². The molecule has 0 radical (unpaired) electrons. The van der Waals surface area contributed by atoms with Crippen LogP contribution in [0.15, 0.2) is 48.5 Å². The third kappa shape index (κ3) is 2.26. The summed E-state index contributed by atoms with van der Waals surface area (Å²) in [5.41, 5.74) is 6.05. The molecule has 2 heterocycles. The van der Waals surface area contributed by atoms with Crippen LogP contribution in [0.3, 0.4) is 0 Å². The van der Waals surface area contributed by atoms with Gasteiger partial charge in [-0.1, -0.05) is 48.5 Å². The fourth-order valence-corrected chi connectivity index (χ4v) is 3.41. The molecule has 2 aromatic carbocycles. The van der Waals surface area contributed by atoms with Crippen LogP contribution in [0.5, 0.6) is 0 Å². The fraction of sp³-hybridized carbons (Fsp3) is 0.333. The van der Waals surface area contributed by atoms with Gasteiger partial charge in [0, 0.05) is 39.3 Å². The highest BCUT2D eigenvalue weighted by Gasteiger charge is 2.21. The molecule has 4 rings (SSSR count). The Bertz CT molecular complexity index is 515. The molecular formula is C18H20N2. The lowest BCUT2D eigenvalue weighted by Gasteiger charge is -2.20. The van der Waals surface area contributed by atoms with Crippen LogP contribution in [0.25, 0.3) is 0 Å². The monoisotopic (exact) mass is 264 g/mol. The smallest absolute Gasteiger partial charge is 0.0241 e. The number of hydrogen-bond acceptors (Lipinski definition) is 2. The Hall–Kier alpha value is -1.64. The first-order valence-electron chi connectivity index (χ1n) is 7.47. The summed E-state index contributed by atoms with van der Waals surface area (Å²) in [7, 11) is 0. The molecule has 0 N–H and O–H groups in total. The molecule has 0 saturated carbocycles. The zero-order chi connectivity index (χ0) is 13.4. The molecule has 0 unspecified atom stereocenters. The van der Waals surface area contributed by atoms with Gasteiger partial charge in [-0.15, -0.1) is 0 Å². The molecule has 2 aliphatic heterocycles. The zero-order valence-corrected chi connectivity index (χ0v) is 11.8. The van der Waals surface area contributed by atoms with E-state index in [9.17, 15) is 0 Å². The minimum atomic E-state index is 1.12. The van der Waals surface area contributed by atoms with Crippen molar-refractivity contribution in [2.24, 2.45) is 0 Å². The topological polar surface area (TPSA) is 6.48 Å². The first kappa shape index (κ1) is 12.1. The Balaban J connectivity index is 1.33. The van der Waals surface area contributed by atoms with Gasteiger partial charge in [0.1, 0.15) is 0 Å². The van der Waals surface area contributed by atoms with Crippen molar-refractivity contribution in [3.05, 3.63) is 70.8 Å². The molecule has 0 aromatic heterocycles. The van der Waals surface area contributed by atoms with Crippen LogP contribution in [0.4, 0.5) is 0 Å². The van der Waals surface area contributed by atoms with E-state index in [1.54, 1.807) is 0 Å². The van der Waals surface area contributed by atoms with E-state index in [2.05, 4.69) is 58.3 Å². The van der Waals surface area contributed by atoms with Gasteiger partial charge in [0.2, 0.25) is 0 Å². The predicted octanol–water partition coefficient (Wildman–Crippen LogP) is 3.02. The minimum Gasteiger partial charge on any atom is -0.294 e. The maximum absolute atomic E-state index is 2.56. The van der Waals surface area contributed by atoms with E-state index in [0.29, 0.717) is 0 Å². The third-order valence-electron chi connectivity index (χ3n) is 4.55. The van der Waals surface area contributed by atoms with Gasteiger partial charge in [-0.25, -0.2) is 0 Å². The van der Waals surface area contributed by atoms with Crippen LogP contribution in [-0.2, 0) is 26.2 Å². The summed E-state index contributed by atoms with van der Waals surface area (Å²) in [5.74, 6) is 0.